The molecular formula is C29H33Cl2NO6S2. The van der Waals surface area contributed by atoms with Crippen LogP contribution in [0.3, 0.4) is 0 Å². The van der Waals surface area contributed by atoms with Gasteiger partial charge in [0.05, 0.1) is 5.75 Å². The van der Waals surface area contributed by atoms with Crippen molar-refractivity contribution in [3.05, 3.63) is 92.6 Å². The Hall–Kier alpha value is -2.14. The zero-order valence-corrected chi connectivity index (χ0v) is 25.9. The van der Waals surface area contributed by atoms with E-state index < -0.39 is 36.8 Å². The molecule has 1 aliphatic carbocycles. The monoisotopic (exact) mass is 625 g/mol. The highest BCUT2D eigenvalue weighted by Gasteiger charge is 2.40. The quantitative estimate of drug-likeness (QED) is 0.232. The van der Waals surface area contributed by atoms with Crippen molar-refractivity contribution in [3.8, 4) is 0 Å². The number of halogens is 2. The molecule has 0 radical (unpaired) electrons. The van der Waals surface area contributed by atoms with Crippen molar-refractivity contribution >= 4 is 54.7 Å². The maximum atomic E-state index is 12.0. The van der Waals surface area contributed by atoms with E-state index >= 15 is 0 Å². The number of hydrogen-bond donors (Lipinski definition) is 2. The molecule has 0 saturated heterocycles. The van der Waals surface area contributed by atoms with E-state index in [-0.39, 0.29) is 5.75 Å². The van der Waals surface area contributed by atoms with Crippen molar-refractivity contribution < 1.29 is 25.9 Å². The minimum Gasteiger partial charge on any atom is -0.344 e. The summed E-state index contributed by atoms with van der Waals surface area (Å²) in [6.45, 7) is 8.68. The van der Waals surface area contributed by atoms with Gasteiger partial charge in [0.2, 0.25) is 0 Å². The normalized spacial score (nSPS) is 19.1. The van der Waals surface area contributed by atoms with E-state index in [2.05, 4.69) is 18.7 Å². The first-order chi connectivity index (χ1) is 18.4. The Labute approximate surface area is 246 Å². The smallest absolute Gasteiger partial charge is 0.269 e. The Morgan fingerprint density at radius 2 is 1.48 bits per heavy atom. The van der Waals surface area contributed by atoms with Crippen LogP contribution in [-0.2, 0) is 31.1 Å². The highest BCUT2D eigenvalue weighted by molar-refractivity contribution is 7.86. The van der Waals surface area contributed by atoms with Crippen LogP contribution in [0.25, 0.3) is 5.57 Å². The molecule has 0 atom stereocenters. The molecular weight excluding hydrogens is 593 g/mol. The predicted molar refractivity (Wildman–Crippen MR) is 163 cm³/mol. The number of fused-ring (bicyclic) bond motifs is 2. The molecule has 0 fully saturated rings. The molecule has 11 heteroatoms. The van der Waals surface area contributed by atoms with Gasteiger partial charge in [-0.25, -0.2) is 0 Å². The molecule has 0 unspecified atom stereocenters. The number of unbranched alkanes of at least 4 members (excludes halogenated alkanes) is 1. The largest absolute Gasteiger partial charge is 0.344 e. The minimum absolute atomic E-state index is 0.305. The first-order valence-electron chi connectivity index (χ1n) is 12.8. The van der Waals surface area contributed by atoms with E-state index in [0.717, 1.165) is 33.6 Å². The van der Waals surface area contributed by atoms with Crippen molar-refractivity contribution in [2.75, 3.05) is 23.0 Å². The molecule has 4 rings (SSSR count). The van der Waals surface area contributed by atoms with E-state index in [4.69, 9.17) is 27.8 Å². The maximum Gasteiger partial charge on any atom is 0.269 e. The number of benzene rings is 2. The Balaban J connectivity index is 1.75. The van der Waals surface area contributed by atoms with Gasteiger partial charge in [-0.15, -0.1) is 0 Å². The summed E-state index contributed by atoms with van der Waals surface area (Å²) < 4.78 is 65.2. The molecule has 0 saturated carbocycles. The summed E-state index contributed by atoms with van der Waals surface area (Å²) >= 11 is 12.6. The minimum atomic E-state index is -4.30. The van der Waals surface area contributed by atoms with Crippen LogP contribution in [0.1, 0.15) is 57.2 Å². The van der Waals surface area contributed by atoms with Gasteiger partial charge in [-0.2, -0.15) is 16.8 Å². The number of rotatable bonds is 9. The van der Waals surface area contributed by atoms with E-state index in [1.807, 2.05) is 56.3 Å². The maximum absolute atomic E-state index is 12.0. The summed E-state index contributed by atoms with van der Waals surface area (Å²) in [5.41, 5.74) is 4.87. The Bertz CT molecular complexity index is 1650. The van der Waals surface area contributed by atoms with Crippen LogP contribution in [-0.4, -0.2) is 44.0 Å². The third kappa shape index (κ3) is 6.35. The molecule has 7 nitrogen and oxygen atoms in total. The first kappa shape index (κ1) is 30.8. The number of nitrogens with zero attached hydrogens (tertiary/aromatic N) is 1. The summed E-state index contributed by atoms with van der Waals surface area (Å²) in [6.07, 6.45) is 6.57. The van der Waals surface area contributed by atoms with Gasteiger partial charge in [0.25, 0.3) is 20.2 Å². The van der Waals surface area contributed by atoms with E-state index in [9.17, 15) is 21.4 Å². The molecule has 2 aromatic carbocycles. The first-order valence-corrected chi connectivity index (χ1v) is 16.8. The molecule has 2 aliphatic rings. The van der Waals surface area contributed by atoms with Crippen LogP contribution < -0.4 is 4.90 Å². The second-order valence-corrected chi connectivity index (χ2v) is 15.2. The summed E-state index contributed by atoms with van der Waals surface area (Å²) in [4.78, 5) is 2.13. The van der Waals surface area contributed by atoms with Gasteiger partial charge in [-0.3, -0.25) is 9.11 Å². The lowest BCUT2D eigenvalue weighted by molar-refractivity contribution is 0.479. The van der Waals surface area contributed by atoms with Gasteiger partial charge in [0.1, 0.15) is 5.75 Å². The third-order valence-electron chi connectivity index (χ3n) is 7.71. The molecule has 0 bridgehead atoms. The van der Waals surface area contributed by atoms with Crippen LogP contribution in [0.4, 0.5) is 5.69 Å². The number of hydrogen-bond acceptors (Lipinski definition) is 5. The molecule has 0 aromatic heterocycles. The fraction of sp³-hybridized carbons (Fsp3) is 0.379. The highest BCUT2D eigenvalue weighted by Crippen LogP contribution is 2.50. The molecule has 0 spiro atoms. The molecule has 0 amide bonds. The summed E-state index contributed by atoms with van der Waals surface area (Å²) in [5.74, 6) is -0.822. The van der Waals surface area contributed by atoms with E-state index in [1.165, 1.54) is 0 Å². The number of anilines is 1. The van der Waals surface area contributed by atoms with Gasteiger partial charge in [-0.05, 0) is 77.1 Å². The number of allylic oxidation sites excluding steroid dienone is 5. The molecule has 216 valence electrons. The van der Waals surface area contributed by atoms with Crippen molar-refractivity contribution in [3.63, 3.8) is 0 Å². The Morgan fingerprint density at radius 3 is 2.10 bits per heavy atom. The Kier molecular flexibility index (Phi) is 8.42. The van der Waals surface area contributed by atoms with Crippen LogP contribution in [0, 0.1) is 0 Å². The topological polar surface area (TPSA) is 112 Å². The van der Waals surface area contributed by atoms with Gasteiger partial charge >= 0.3 is 0 Å². The van der Waals surface area contributed by atoms with Crippen LogP contribution in [0.2, 0.25) is 10.0 Å². The van der Waals surface area contributed by atoms with Crippen LogP contribution in [0.15, 0.2) is 65.9 Å². The zero-order chi connectivity index (χ0) is 29.7. The molecule has 1 aliphatic heterocycles. The molecule has 40 heavy (non-hydrogen) atoms. The highest BCUT2D eigenvalue weighted by atomic mass is 35.5. The average molecular weight is 627 g/mol. The second kappa shape index (κ2) is 10.9. The van der Waals surface area contributed by atoms with Crippen molar-refractivity contribution in [2.45, 2.75) is 51.4 Å². The zero-order valence-electron chi connectivity index (χ0n) is 22.8. The van der Waals surface area contributed by atoms with Gasteiger partial charge in [0, 0.05) is 38.8 Å². The average Bonchev–Trinajstić information content (AvgIpc) is 3.14. The second-order valence-electron chi connectivity index (χ2n) is 11.3. The molecule has 1 heterocycles. The summed E-state index contributed by atoms with van der Waals surface area (Å²) in [6, 6.07) is 11.0. The lowest BCUT2D eigenvalue weighted by Crippen LogP contribution is -2.27. The standard InChI is InChI=1S/C29H33Cl2NO6S2/c1-28(2)23(22(18-40(36,37)38)21-12-10-19(30)16-24(21)28)8-7-9-27-29(3,4)25-17-20(31)11-13-26(25)32(27)14-5-6-15-39(33,34)35/h7-13,16-17H,5-6,14-15,18H2,1-4H3,(H,33,34,35)(H,36,37,38)/b8-7+,27-9+. The summed E-state index contributed by atoms with van der Waals surface area (Å²) in [5, 5.41) is 1.15. The van der Waals surface area contributed by atoms with E-state index in [1.54, 1.807) is 12.1 Å². The Morgan fingerprint density at radius 1 is 0.850 bits per heavy atom. The van der Waals surface area contributed by atoms with Crippen LogP contribution in [0.5, 0.6) is 0 Å². The van der Waals surface area contributed by atoms with Gasteiger partial charge < -0.3 is 4.90 Å². The van der Waals surface area contributed by atoms with Gasteiger partial charge in [0.15, 0.2) is 0 Å². The summed E-state index contributed by atoms with van der Waals surface area (Å²) in [7, 11) is -8.33. The van der Waals surface area contributed by atoms with Crippen molar-refractivity contribution in [2.24, 2.45) is 0 Å². The fourth-order valence-electron chi connectivity index (χ4n) is 5.79. The lowest BCUT2D eigenvalue weighted by atomic mass is 9.80. The fourth-order valence-corrected chi connectivity index (χ4v) is 7.38. The third-order valence-corrected chi connectivity index (χ3v) is 9.64. The predicted octanol–water partition coefficient (Wildman–Crippen LogP) is 6.83. The van der Waals surface area contributed by atoms with Crippen LogP contribution >= 0.6 is 23.2 Å². The van der Waals surface area contributed by atoms with Crippen molar-refractivity contribution in [1.29, 1.82) is 0 Å². The van der Waals surface area contributed by atoms with Gasteiger partial charge in [-0.1, -0.05) is 69.1 Å². The lowest BCUT2D eigenvalue weighted by Gasteiger charge is -2.27. The molecule has 2 N–H and O–H groups in total. The molecule has 2 aromatic rings. The SMILES string of the molecule is CC1(C)C(/C=C/C=C2/N(CCCCS(=O)(=O)O)c3ccc(Cl)cc3C2(C)C)=C(CS(=O)(=O)O)c2ccc(Cl)cc21. The van der Waals surface area contributed by atoms with Crippen molar-refractivity contribution in [1.82, 2.24) is 0 Å². The van der Waals surface area contributed by atoms with E-state index in [0.29, 0.717) is 35.0 Å².